The van der Waals surface area contributed by atoms with E-state index in [4.69, 9.17) is 0 Å². The quantitative estimate of drug-likeness (QED) is 0.524. The van der Waals surface area contributed by atoms with E-state index in [1.54, 1.807) is 17.7 Å². The molecule has 0 aliphatic carbocycles. The molecule has 0 saturated heterocycles. The van der Waals surface area contributed by atoms with Crippen LogP contribution in [0, 0.1) is 24.0 Å². The molecule has 0 saturated carbocycles. The Bertz CT molecular complexity index is 1170. The second kappa shape index (κ2) is 7.25. The number of benzene rings is 2. The predicted octanol–water partition coefficient (Wildman–Crippen LogP) is 3.41. The van der Waals surface area contributed by atoms with Crippen LogP contribution in [0.1, 0.15) is 32.7 Å². The van der Waals surface area contributed by atoms with E-state index in [1.807, 2.05) is 31.2 Å². The molecule has 9 heteroatoms. The van der Waals surface area contributed by atoms with Crippen molar-refractivity contribution in [1.82, 2.24) is 9.78 Å². The van der Waals surface area contributed by atoms with Crippen molar-refractivity contribution < 1.29 is 13.9 Å². The second-order valence-corrected chi connectivity index (χ2v) is 8.37. The number of carbonyl (C=O) groups is 1. The molecule has 1 amide bonds. The van der Waals surface area contributed by atoms with Gasteiger partial charge in [-0.15, -0.1) is 0 Å². The number of nitro groups is 1. The fourth-order valence-electron chi connectivity index (χ4n) is 3.37. The molecule has 3 aromatic rings. The molecular formula is C20H18N4O4S. The highest BCUT2D eigenvalue weighted by molar-refractivity contribution is 7.83. The van der Waals surface area contributed by atoms with Gasteiger partial charge in [0.15, 0.2) is 0 Å². The highest BCUT2D eigenvalue weighted by Gasteiger charge is 2.29. The van der Waals surface area contributed by atoms with Crippen LogP contribution in [0.15, 0.2) is 42.5 Å². The number of nitro benzene ring substituents is 1. The molecule has 29 heavy (non-hydrogen) atoms. The number of nitrogens with zero attached hydrogens (tertiary/aromatic N) is 3. The summed E-state index contributed by atoms with van der Waals surface area (Å²) in [6, 6.07) is 12.1. The number of rotatable bonds is 4. The van der Waals surface area contributed by atoms with Gasteiger partial charge in [0.25, 0.3) is 11.6 Å². The smallest absolute Gasteiger partial charge is 0.273 e. The van der Waals surface area contributed by atoms with Crippen LogP contribution < -0.4 is 5.32 Å². The predicted molar refractivity (Wildman–Crippen MR) is 110 cm³/mol. The molecule has 1 N–H and O–H groups in total. The number of anilines is 1. The topological polar surface area (TPSA) is 107 Å². The monoisotopic (exact) mass is 410 g/mol. The van der Waals surface area contributed by atoms with Gasteiger partial charge in [-0.1, -0.05) is 23.8 Å². The summed E-state index contributed by atoms with van der Waals surface area (Å²) in [5.41, 5.74) is 3.67. The summed E-state index contributed by atoms with van der Waals surface area (Å²) in [7, 11) is -1.06. The van der Waals surface area contributed by atoms with Crippen molar-refractivity contribution >= 4 is 28.2 Å². The number of hydrogen-bond acceptors (Lipinski definition) is 5. The molecule has 0 bridgehead atoms. The molecule has 0 radical (unpaired) electrons. The number of aromatic nitrogens is 2. The summed E-state index contributed by atoms with van der Waals surface area (Å²) in [6.45, 7) is 3.52. The number of fused-ring (bicyclic) bond motifs is 1. The lowest BCUT2D eigenvalue weighted by molar-refractivity contribution is -0.385. The summed E-state index contributed by atoms with van der Waals surface area (Å²) < 4.78 is 13.6. The molecule has 1 atom stereocenters. The molecular weight excluding hydrogens is 392 g/mol. The lowest BCUT2D eigenvalue weighted by Crippen LogP contribution is -2.18. The lowest BCUT2D eigenvalue weighted by atomic mass is 10.1. The summed E-state index contributed by atoms with van der Waals surface area (Å²) in [6.07, 6.45) is 0. The van der Waals surface area contributed by atoms with Gasteiger partial charge in [0.2, 0.25) is 0 Å². The molecule has 8 nitrogen and oxygen atoms in total. The maximum atomic E-state index is 13.0. The van der Waals surface area contributed by atoms with Gasteiger partial charge in [-0.2, -0.15) is 5.10 Å². The molecule has 1 aliphatic rings. The number of carbonyl (C=O) groups excluding carboxylic acids is 1. The van der Waals surface area contributed by atoms with E-state index in [1.165, 1.54) is 12.1 Å². The Labute approximate surface area is 169 Å². The third kappa shape index (κ3) is 3.44. The van der Waals surface area contributed by atoms with Crippen LogP contribution in [0.5, 0.6) is 0 Å². The summed E-state index contributed by atoms with van der Waals surface area (Å²) in [5, 5.41) is 18.6. The fourth-order valence-corrected chi connectivity index (χ4v) is 4.64. The van der Waals surface area contributed by atoms with Crippen LogP contribution in [0.2, 0.25) is 0 Å². The lowest BCUT2D eigenvalue weighted by Gasteiger charge is -2.12. The summed E-state index contributed by atoms with van der Waals surface area (Å²) in [4.78, 5) is 23.7. The Balaban J connectivity index is 1.76. The van der Waals surface area contributed by atoms with Gasteiger partial charge in [-0.3, -0.25) is 19.1 Å². The van der Waals surface area contributed by atoms with E-state index >= 15 is 0 Å². The molecule has 2 heterocycles. The summed E-state index contributed by atoms with van der Waals surface area (Å²) in [5.74, 6) is 0.628. The van der Waals surface area contributed by atoms with Crippen LogP contribution in [-0.2, 0) is 22.3 Å². The molecule has 0 spiro atoms. The van der Waals surface area contributed by atoms with Crippen LogP contribution in [0.3, 0.4) is 0 Å². The van der Waals surface area contributed by atoms with E-state index < -0.39 is 21.6 Å². The molecule has 0 unspecified atom stereocenters. The van der Waals surface area contributed by atoms with E-state index in [0.717, 1.165) is 16.8 Å². The second-order valence-electron chi connectivity index (χ2n) is 6.91. The Morgan fingerprint density at radius 2 is 1.90 bits per heavy atom. The van der Waals surface area contributed by atoms with Crippen molar-refractivity contribution in [2.24, 2.45) is 0 Å². The minimum Gasteiger partial charge on any atom is -0.306 e. The van der Waals surface area contributed by atoms with Crippen molar-refractivity contribution in [3.8, 4) is 5.69 Å². The first-order valence-electron chi connectivity index (χ1n) is 8.93. The van der Waals surface area contributed by atoms with Gasteiger partial charge in [-0.05, 0) is 32.0 Å². The number of nitrogens with one attached hydrogen (secondary N) is 1. The van der Waals surface area contributed by atoms with Crippen molar-refractivity contribution in [2.75, 3.05) is 5.32 Å². The van der Waals surface area contributed by atoms with Gasteiger partial charge >= 0.3 is 0 Å². The Kier molecular flexibility index (Phi) is 4.75. The minimum absolute atomic E-state index is 0.115. The molecule has 1 aromatic heterocycles. The van der Waals surface area contributed by atoms with Gasteiger partial charge in [-0.25, -0.2) is 4.68 Å². The average Bonchev–Trinajstić information content (AvgIpc) is 3.19. The van der Waals surface area contributed by atoms with Gasteiger partial charge in [0, 0.05) is 33.6 Å². The van der Waals surface area contributed by atoms with Crippen LogP contribution >= 0.6 is 0 Å². The maximum absolute atomic E-state index is 13.0. The standard InChI is InChI=1S/C20H18N4O4S/c1-12-6-8-14(9-7-12)23-19(16-10-29(28)11-17(16)22-23)21-20(25)15-4-3-5-18(13(15)2)24(26)27/h3-9H,10-11H2,1-2H3,(H,21,25)/t29-/m0/s1. The first kappa shape index (κ1) is 19.0. The van der Waals surface area contributed by atoms with Crippen molar-refractivity contribution in [2.45, 2.75) is 25.4 Å². The molecule has 0 fully saturated rings. The van der Waals surface area contributed by atoms with E-state index in [9.17, 15) is 19.1 Å². The molecule has 148 valence electrons. The minimum atomic E-state index is -1.06. The van der Waals surface area contributed by atoms with Crippen LogP contribution in [0.25, 0.3) is 5.69 Å². The largest absolute Gasteiger partial charge is 0.306 e. The highest BCUT2D eigenvalue weighted by Crippen LogP contribution is 2.32. The Morgan fingerprint density at radius 1 is 1.17 bits per heavy atom. The van der Waals surface area contributed by atoms with Crippen molar-refractivity contribution in [3.63, 3.8) is 0 Å². The summed E-state index contributed by atoms with van der Waals surface area (Å²) >= 11 is 0. The van der Waals surface area contributed by atoms with E-state index in [-0.39, 0.29) is 16.8 Å². The molecule has 2 aromatic carbocycles. The first-order chi connectivity index (χ1) is 13.8. The number of aryl methyl sites for hydroxylation is 1. The van der Waals surface area contributed by atoms with E-state index in [2.05, 4.69) is 10.4 Å². The van der Waals surface area contributed by atoms with Crippen LogP contribution in [0.4, 0.5) is 11.5 Å². The van der Waals surface area contributed by atoms with Gasteiger partial charge < -0.3 is 5.32 Å². The normalized spacial score (nSPS) is 15.2. The zero-order chi connectivity index (χ0) is 20.7. The van der Waals surface area contributed by atoms with E-state index in [0.29, 0.717) is 23.0 Å². The maximum Gasteiger partial charge on any atom is 0.273 e. The van der Waals surface area contributed by atoms with Crippen LogP contribution in [-0.4, -0.2) is 24.8 Å². The number of hydrogen-bond donors (Lipinski definition) is 1. The van der Waals surface area contributed by atoms with Gasteiger partial charge in [0.05, 0.1) is 27.8 Å². The van der Waals surface area contributed by atoms with Crippen molar-refractivity contribution in [3.05, 3.63) is 80.5 Å². The average molecular weight is 410 g/mol. The molecule has 4 rings (SSSR count). The van der Waals surface area contributed by atoms with Crippen molar-refractivity contribution in [1.29, 1.82) is 0 Å². The highest BCUT2D eigenvalue weighted by atomic mass is 32.2. The zero-order valence-corrected chi connectivity index (χ0v) is 16.7. The SMILES string of the molecule is Cc1ccc(-n2nc3c(c2NC(=O)c2cccc([N+](=O)[O-])c2C)C[S@](=O)C3)cc1. The Morgan fingerprint density at radius 3 is 2.59 bits per heavy atom. The third-order valence-electron chi connectivity index (χ3n) is 4.93. The fraction of sp³-hybridized carbons (Fsp3) is 0.200. The zero-order valence-electron chi connectivity index (χ0n) is 15.8. The third-order valence-corrected chi connectivity index (χ3v) is 6.13. The molecule has 1 aliphatic heterocycles. The number of amides is 1. The van der Waals surface area contributed by atoms with Gasteiger partial charge in [0.1, 0.15) is 5.82 Å². The Hall–Kier alpha value is -3.33. The first-order valence-corrected chi connectivity index (χ1v) is 10.4.